The normalized spacial score (nSPS) is 14.4. The molecule has 0 aliphatic carbocycles. The average Bonchev–Trinajstić information content (AvgIpc) is 2.25. The Hall–Kier alpha value is -1.35. The summed E-state index contributed by atoms with van der Waals surface area (Å²) < 4.78 is 0. The number of carboxylic acid groups (broad SMARTS) is 1. The van der Waals surface area contributed by atoms with E-state index in [1.165, 1.54) is 11.1 Å². The number of rotatable bonds is 5. The van der Waals surface area contributed by atoms with Crippen LogP contribution in [0.5, 0.6) is 0 Å². The molecule has 1 aromatic rings. The molecule has 1 aromatic carbocycles. The molecule has 0 saturated heterocycles. The van der Waals surface area contributed by atoms with Gasteiger partial charge in [0.1, 0.15) is 0 Å². The Labute approximate surface area is 96.3 Å². The molecule has 2 unspecified atom stereocenters. The van der Waals surface area contributed by atoms with Crippen LogP contribution in [-0.2, 0) is 4.79 Å². The number of benzene rings is 1. The summed E-state index contributed by atoms with van der Waals surface area (Å²) in [6, 6.07) is 8.07. The van der Waals surface area contributed by atoms with Gasteiger partial charge in [-0.1, -0.05) is 31.2 Å². The molecule has 0 aliphatic rings. The third-order valence-corrected chi connectivity index (χ3v) is 2.99. The predicted molar refractivity (Wildman–Crippen MR) is 64.4 cm³/mol. The van der Waals surface area contributed by atoms with Gasteiger partial charge in [-0.15, -0.1) is 0 Å². The van der Waals surface area contributed by atoms with Gasteiger partial charge in [-0.2, -0.15) is 0 Å². The Morgan fingerprint density at radius 3 is 2.56 bits per heavy atom. The molecule has 88 valence electrons. The highest BCUT2D eigenvalue weighted by Gasteiger charge is 2.20. The topological polar surface area (TPSA) is 63.3 Å². The maximum absolute atomic E-state index is 10.9. The fraction of sp³-hybridized carbons (Fsp3) is 0.462. The van der Waals surface area contributed by atoms with Crippen molar-refractivity contribution >= 4 is 5.97 Å². The first-order chi connectivity index (χ1) is 7.56. The van der Waals surface area contributed by atoms with E-state index in [9.17, 15) is 4.79 Å². The molecule has 16 heavy (non-hydrogen) atoms. The summed E-state index contributed by atoms with van der Waals surface area (Å²) in [6.45, 7) is 4.30. The van der Waals surface area contributed by atoms with Gasteiger partial charge in [0, 0.05) is 6.54 Å². The standard InChI is InChI=1S/C13H19NO2/c1-9-5-3-4-6-12(9)10(2)7-11(8-14)13(15)16/h3-6,10-11H,7-8,14H2,1-2H3,(H,15,16). The van der Waals surface area contributed by atoms with Gasteiger partial charge in [0.2, 0.25) is 0 Å². The smallest absolute Gasteiger partial charge is 0.307 e. The van der Waals surface area contributed by atoms with Crippen molar-refractivity contribution in [3.8, 4) is 0 Å². The Kier molecular flexibility index (Phi) is 4.50. The van der Waals surface area contributed by atoms with Crippen LogP contribution in [0, 0.1) is 12.8 Å². The minimum atomic E-state index is -0.803. The highest BCUT2D eigenvalue weighted by molar-refractivity contribution is 5.70. The van der Waals surface area contributed by atoms with Crippen LogP contribution in [0.25, 0.3) is 0 Å². The van der Waals surface area contributed by atoms with E-state index in [4.69, 9.17) is 10.8 Å². The van der Waals surface area contributed by atoms with Gasteiger partial charge < -0.3 is 10.8 Å². The largest absolute Gasteiger partial charge is 0.481 e. The molecule has 0 fully saturated rings. The molecule has 0 amide bonds. The maximum atomic E-state index is 10.9. The number of hydrogen-bond acceptors (Lipinski definition) is 2. The lowest BCUT2D eigenvalue weighted by molar-refractivity contribution is -0.141. The summed E-state index contributed by atoms with van der Waals surface area (Å²) >= 11 is 0. The minimum Gasteiger partial charge on any atom is -0.481 e. The lowest BCUT2D eigenvalue weighted by Gasteiger charge is -2.18. The van der Waals surface area contributed by atoms with Gasteiger partial charge in [-0.25, -0.2) is 0 Å². The molecule has 0 aliphatic heterocycles. The Morgan fingerprint density at radius 2 is 2.06 bits per heavy atom. The van der Waals surface area contributed by atoms with Gasteiger partial charge in [-0.3, -0.25) is 4.79 Å². The Bertz CT molecular complexity index is 363. The van der Waals surface area contributed by atoms with E-state index in [2.05, 4.69) is 6.07 Å². The molecule has 0 aromatic heterocycles. The number of carbonyl (C=O) groups is 1. The first kappa shape index (κ1) is 12.7. The summed E-state index contributed by atoms with van der Waals surface area (Å²) in [4.78, 5) is 10.9. The van der Waals surface area contributed by atoms with Crippen molar-refractivity contribution in [1.29, 1.82) is 0 Å². The second kappa shape index (κ2) is 5.66. The van der Waals surface area contributed by atoms with Crippen LogP contribution in [0.3, 0.4) is 0 Å². The van der Waals surface area contributed by atoms with Gasteiger partial charge in [-0.05, 0) is 30.4 Å². The molecule has 2 atom stereocenters. The zero-order valence-corrected chi connectivity index (χ0v) is 9.81. The Morgan fingerprint density at radius 1 is 1.44 bits per heavy atom. The summed E-state index contributed by atoms with van der Waals surface area (Å²) in [5.41, 5.74) is 7.87. The highest BCUT2D eigenvalue weighted by atomic mass is 16.4. The van der Waals surface area contributed by atoms with Crippen molar-refractivity contribution in [2.24, 2.45) is 11.7 Å². The molecular weight excluding hydrogens is 202 g/mol. The van der Waals surface area contributed by atoms with E-state index in [0.29, 0.717) is 6.42 Å². The van der Waals surface area contributed by atoms with Crippen LogP contribution in [0.2, 0.25) is 0 Å². The predicted octanol–water partition coefficient (Wildman–Crippen LogP) is 2.15. The molecule has 3 heteroatoms. The lowest BCUT2D eigenvalue weighted by Crippen LogP contribution is -2.24. The second-order valence-electron chi connectivity index (χ2n) is 4.26. The van der Waals surface area contributed by atoms with Crippen LogP contribution in [0.4, 0.5) is 0 Å². The molecule has 0 heterocycles. The first-order valence-corrected chi connectivity index (χ1v) is 5.54. The van der Waals surface area contributed by atoms with Crippen molar-refractivity contribution in [2.75, 3.05) is 6.54 Å². The van der Waals surface area contributed by atoms with Crippen LogP contribution in [0.1, 0.15) is 30.4 Å². The van der Waals surface area contributed by atoms with Crippen LogP contribution < -0.4 is 5.73 Å². The van der Waals surface area contributed by atoms with E-state index in [1.807, 2.05) is 32.0 Å². The highest BCUT2D eigenvalue weighted by Crippen LogP contribution is 2.25. The van der Waals surface area contributed by atoms with Crippen LogP contribution >= 0.6 is 0 Å². The van der Waals surface area contributed by atoms with Gasteiger partial charge in [0.15, 0.2) is 0 Å². The third-order valence-electron chi connectivity index (χ3n) is 2.99. The number of aliphatic carboxylic acids is 1. The summed E-state index contributed by atoms with van der Waals surface area (Å²) in [5, 5.41) is 8.96. The van der Waals surface area contributed by atoms with Crippen molar-refractivity contribution in [3.63, 3.8) is 0 Å². The summed E-state index contributed by atoms with van der Waals surface area (Å²) in [5.74, 6) is -1.02. The fourth-order valence-corrected chi connectivity index (χ4v) is 1.99. The lowest BCUT2D eigenvalue weighted by atomic mass is 9.88. The number of hydrogen-bond donors (Lipinski definition) is 2. The molecule has 3 nitrogen and oxygen atoms in total. The van der Waals surface area contributed by atoms with Crippen LogP contribution in [-0.4, -0.2) is 17.6 Å². The number of nitrogens with two attached hydrogens (primary N) is 1. The summed E-state index contributed by atoms with van der Waals surface area (Å²) in [7, 11) is 0. The molecule has 0 bridgehead atoms. The van der Waals surface area contributed by atoms with E-state index in [1.54, 1.807) is 0 Å². The SMILES string of the molecule is Cc1ccccc1C(C)CC(CN)C(=O)O. The number of carboxylic acids is 1. The maximum Gasteiger partial charge on any atom is 0.307 e. The zero-order chi connectivity index (χ0) is 12.1. The monoisotopic (exact) mass is 221 g/mol. The van der Waals surface area contributed by atoms with Crippen molar-refractivity contribution in [1.82, 2.24) is 0 Å². The average molecular weight is 221 g/mol. The fourth-order valence-electron chi connectivity index (χ4n) is 1.99. The van der Waals surface area contributed by atoms with E-state index in [-0.39, 0.29) is 12.5 Å². The third kappa shape index (κ3) is 3.07. The van der Waals surface area contributed by atoms with Crippen LogP contribution in [0.15, 0.2) is 24.3 Å². The van der Waals surface area contributed by atoms with E-state index >= 15 is 0 Å². The summed E-state index contributed by atoms with van der Waals surface area (Å²) in [6.07, 6.45) is 0.594. The van der Waals surface area contributed by atoms with Crippen molar-refractivity contribution < 1.29 is 9.90 Å². The Balaban J connectivity index is 2.75. The minimum absolute atomic E-state index is 0.200. The van der Waals surface area contributed by atoms with Gasteiger partial charge in [0.05, 0.1) is 5.92 Å². The van der Waals surface area contributed by atoms with Crippen molar-refractivity contribution in [2.45, 2.75) is 26.2 Å². The zero-order valence-electron chi connectivity index (χ0n) is 9.81. The molecule has 1 rings (SSSR count). The quantitative estimate of drug-likeness (QED) is 0.800. The molecule has 0 spiro atoms. The van der Waals surface area contributed by atoms with E-state index in [0.717, 1.165) is 0 Å². The van der Waals surface area contributed by atoms with Gasteiger partial charge in [0.25, 0.3) is 0 Å². The van der Waals surface area contributed by atoms with Crippen molar-refractivity contribution in [3.05, 3.63) is 35.4 Å². The first-order valence-electron chi connectivity index (χ1n) is 5.54. The molecule has 3 N–H and O–H groups in total. The number of aryl methyl sites for hydroxylation is 1. The van der Waals surface area contributed by atoms with Gasteiger partial charge >= 0.3 is 5.97 Å². The molecule has 0 saturated carbocycles. The second-order valence-corrected chi connectivity index (χ2v) is 4.26. The molecule has 0 radical (unpaired) electrons. The molecular formula is C13H19NO2. The van der Waals surface area contributed by atoms with E-state index < -0.39 is 11.9 Å².